The molecule has 0 bridgehead atoms. The third-order valence-corrected chi connectivity index (χ3v) is 1.48. The minimum Gasteiger partial charge on any atom is -0.245 e. The van der Waals surface area contributed by atoms with E-state index in [4.69, 9.17) is 10.5 Å². The molecule has 0 aliphatic rings. The van der Waals surface area contributed by atoms with Crippen molar-refractivity contribution < 1.29 is 0 Å². The molecule has 0 amide bonds. The molecule has 0 N–H and O–H groups in total. The molecule has 1 aromatic rings. The van der Waals surface area contributed by atoms with Crippen molar-refractivity contribution in [3.8, 4) is 12.1 Å². The van der Waals surface area contributed by atoms with Crippen LogP contribution in [0.4, 0.5) is 0 Å². The Hall–Kier alpha value is -1.87. The summed E-state index contributed by atoms with van der Waals surface area (Å²) in [5.74, 6) is 0. The van der Waals surface area contributed by atoms with E-state index in [9.17, 15) is 0 Å². The van der Waals surface area contributed by atoms with E-state index in [0.717, 1.165) is 5.56 Å². The largest absolute Gasteiger partial charge is 0.245 e. The molecule has 0 radical (unpaired) electrons. The third kappa shape index (κ3) is 1.59. The van der Waals surface area contributed by atoms with Gasteiger partial charge in [-0.05, 0) is 12.5 Å². The van der Waals surface area contributed by atoms with Crippen molar-refractivity contribution in [2.75, 3.05) is 0 Å². The number of rotatable bonds is 1. The van der Waals surface area contributed by atoms with Crippen molar-refractivity contribution in [1.82, 2.24) is 4.98 Å². The molecule has 58 valence electrons. The minimum absolute atomic E-state index is 0.248. The highest BCUT2D eigenvalue weighted by atomic mass is 14.7. The molecule has 0 unspecified atom stereocenters. The van der Waals surface area contributed by atoms with Gasteiger partial charge in [-0.3, -0.25) is 0 Å². The predicted octanol–water partition coefficient (Wildman–Crippen LogP) is 1.33. The molecule has 3 nitrogen and oxygen atoms in total. The second-order valence-electron chi connectivity index (χ2n) is 2.47. The molecular weight excluding hydrogens is 150 g/mol. The summed E-state index contributed by atoms with van der Waals surface area (Å²) in [7, 11) is 0. The number of hydrogen-bond acceptors (Lipinski definition) is 3. The molecule has 1 heterocycles. The van der Waals surface area contributed by atoms with Crippen LogP contribution in [0.15, 0.2) is 12.3 Å². The standard InChI is InChI=1S/C9H7N3/c1-7-4-8(2-3-10)9(5-11)12-6-7/h4,6H,2H2,1H3. The maximum atomic E-state index is 8.61. The molecule has 3 heteroatoms. The molecule has 0 aliphatic heterocycles. The fourth-order valence-corrected chi connectivity index (χ4v) is 0.950. The van der Waals surface area contributed by atoms with Gasteiger partial charge in [0.1, 0.15) is 11.8 Å². The Morgan fingerprint density at radius 2 is 2.25 bits per heavy atom. The van der Waals surface area contributed by atoms with E-state index in [0.29, 0.717) is 11.3 Å². The first kappa shape index (κ1) is 8.23. The highest BCUT2D eigenvalue weighted by Gasteiger charge is 2.01. The van der Waals surface area contributed by atoms with Crippen LogP contribution in [0.25, 0.3) is 0 Å². The summed E-state index contributed by atoms with van der Waals surface area (Å²) in [5, 5.41) is 17.1. The van der Waals surface area contributed by atoms with Crippen molar-refractivity contribution in [1.29, 1.82) is 10.5 Å². The fourth-order valence-electron chi connectivity index (χ4n) is 0.950. The molecule has 0 spiro atoms. The lowest BCUT2D eigenvalue weighted by Gasteiger charge is -1.98. The molecule has 1 aromatic heterocycles. The molecule has 0 aliphatic carbocycles. The first-order valence-corrected chi connectivity index (χ1v) is 3.50. The molecule has 0 saturated carbocycles. The van der Waals surface area contributed by atoms with Crippen LogP contribution in [0.2, 0.25) is 0 Å². The van der Waals surface area contributed by atoms with Gasteiger partial charge in [-0.1, -0.05) is 6.07 Å². The Kier molecular flexibility index (Phi) is 2.40. The third-order valence-electron chi connectivity index (χ3n) is 1.48. The van der Waals surface area contributed by atoms with Gasteiger partial charge in [0.15, 0.2) is 0 Å². The van der Waals surface area contributed by atoms with E-state index in [1.54, 1.807) is 6.20 Å². The summed E-state index contributed by atoms with van der Waals surface area (Å²) in [4.78, 5) is 3.90. The van der Waals surface area contributed by atoms with Crippen LogP contribution in [0.3, 0.4) is 0 Å². The quantitative estimate of drug-likeness (QED) is 0.617. The van der Waals surface area contributed by atoms with Crippen molar-refractivity contribution in [2.24, 2.45) is 0 Å². The molecule has 0 aromatic carbocycles. The van der Waals surface area contributed by atoms with E-state index >= 15 is 0 Å². The Labute approximate surface area is 70.9 Å². The van der Waals surface area contributed by atoms with Crippen LogP contribution >= 0.6 is 0 Å². The maximum absolute atomic E-state index is 8.61. The van der Waals surface area contributed by atoms with Crippen molar-refractivity contribution in [2.45, 2.75) is 13.3 Å². The average Bonchev–Trinajstić information content (AvgIpc) is 2.05. The summed E-state index contributed by atoms with van der Waals surface area (Å²) in [6, 6.07) is 5.75. The zero-order valence-corrected chi connectivity index (χ0v) is 6.70. The van der Waals surface area contributed by atoms with Crippen molar-refractivity contribution >= 4 is 0 Å². The lowest BCUT2D eigenvalue weighted by atomic mass is 10.1. The van der Waals surface area contributed by atoms with Gasteiger partial charge in [0.2, 0.25) is 0 Å². The van der Waals surface area contributed by atoms with Crippen LogP contribution in [-0.2, 0) is 6.42 Å². The van der Waals surface area contributed by atoms with Crippen molar-refractivity contribution in [3.05, 3.63) is 29.1 Å². The van der Waals surface area contributed by atoms with Gasteiger partial charge in [-0.25, -0.2) is 4.98 Å². The molecule has 0 atom stereocenters. The Balaban J connectivity index is 3.16. The second-order valence-corrected chi connectivity index (χ2v) is 2.47. The van der Waals surface area contributed by atoms with Gasteiger partial charge in [0, 0.05) is 11.8 Å². The minimum atomic E-state index is 0.248. The molecule has 12 heavy (non-hydrogen) atoms. The molecule has 0 fully saturated rings. The summed E-state index contributed by atoms with van der Waals surface area (Å²) >= 11 is 0. The van der Waals surface area contributed by atoms with Crippen LogP contribution in [-0.4, -0.2) is 4.98 Å². The molecule has 1 rings (SSSR count). The first-order chi connectivity index (χ1) is 5.77. The van der Waals surface area contributed by atoms with E-state index in [1.165, 1.54) is 0 Å². The fraction of sp³-hybridized carbons (Fsp3) is 0.222. The van der Waals surface area contributed by atoms with E-state index in [1.807, 2.05) is 25.1 Å². The number of aromatic nitrogens is 1. The highest BCUT2D eigenvalue weighted by Crippen LogP contribution is 2.07. The van der Waals surface area contributed by atoms with Crippen LogP contribution in [0, 0.1) is 29.6 Å². The van der Waals surface area contributed by atoms with Crippen molar-refractivity contribution in [3.63, 3.8) is 0 Å². The van der Waals surface area contributed by atoms with E-state index in [-0.39, 0.29) is 6.42 Å². The topological polar surface area (TPSA) is 60.5 Å². The monoisotopic (exact) mass is 157 g/mol. The van der Waals surface area contributed by atoms with E-state index < -0.39 is 0 Å². The predicted molar refractivity (Wildman–Crippen MR) is 43.0 cm³/mol. The molecule has 0 saturated heterocycles. The number of nitriles is 2. The van der Waals surface area contributed by atoms with Crippen LogP contribution < -0.4 is 0 Å². The van der Waals surface area contributed by atoms with Gasteiger partial charge >= 0.3 is 0 Å². The summed E-state index contributed by atoms with van der Waals surface area (Å²) in [5.41, 5.74) is 2.03. The molecular formula is C9H7N3. The number of hydrogen-bond donors (Lipinski definition) is 0. The Morgan fingerprint density at radius 3 is 2.83 bits per heavy atom. The number of pyridine rings is 1. The summed E-state index contributed by atoms with van der Waals surface area (Å²) < 4.78 is 0. The number of aryl methyl sites for hydroxylation is 1. The van der Waals surface area contributed by atoms with Crippen LogP contribution in [0.1, 0.15) is 16.8 Å². The highest BCUT2D eigenvalue weighted by molar-refractivity contribution is 5.34. The summed E-state index contributed by atoms with van der Waals surface area (Å²) in [6.07, 6.45) is 1.87. The van der Waals surface area contributed by atoms with Crippen LogP contribution in [0.5, 0.6) is 0 Å². The summed E-state index contributed by atoms with van der Waals surface area (Å²) in [6.45, 7) is 1.88. The smallest absolute Gasteiger partial charge is 0.144 e. The SMILES string of the molecule is Cc1cnc(C#N)c(CC#N)c1. The Bertz CT molecular complexity index is 368. The zero-order valence-electron chi connectivity index (χ0n) is 6.70. The first-order valence-electron chi connectivity index (χ1n) is 3.50. The zero-order chi connectivity index (χ0) is 8.97. The lowest BCUT2D eigenvalue weighted by molar-refractivity contribution is 1.13. The van der Waals surface area contributed by atoms with Gasteiger partial charge < -0.3 is 0 Å². The second kappa shape index (κ2) is 3.50. The van der Waals surface area contributed by atoms with Gasteiger partial charge in [0.05, 0.1) is 12.5 Å². The maximum Gasteiger partial charge on any atom is 0.144 e. The van der Waals surface area contributed by atoms with Gasteiger partial charge in [-0.2, -0.15) is 10.5 Å². The van der Waals surface area contributed by atoms with Gasteiger partial charge in [0.25, 0.3) is 0 Å². The van der Waals surface area contributed by atoms with E-state index in [2.05, 4.69) is 4.98 Å². The number of nitrogens with zero attached hydrogens (tertiary/aromatic N) is 3. The normalized spacial score (nSPS) is 8.58. The Morgan fingerprint density at radius 1 is 1.50 bits per heavy atom. The average molecular weight is 157 g/mol. The lowest BCUT2D eigenvalue weighted by Crippen LogP contribution is -1.93. The van der Waals surface area contributed by atoms with Gasteiger partial charge in [-0.15, -0.1) is 0 Å².